The zero-order valence-electron chi connectivity index (χ0n) is 16.2. The lowest BCUT2D eigenvalue weighted by Gasteiger charge is -2.39. The van der Waals surface area contributed by atoms with E-state index in [1.54, 1.807) is 7.11 Å². The quantitative estimate of drug-likeness (QED) is 0.621. The van der Waals surface area contributed by atoms with Crippen LogP contribution in [0.5, 0.6) is 5.75 Å². The van der Waals surface area contributed by atoms with Gasteiger partial charge in [0.05, 0.1) is 25.8 Å². The molecule has 0 fully saturated rings. The zero-order chi connectivity index (χ0) is 19.1. The molecule has 0 bridgehead atoms. The molecule has 4 heteroatoms. The zero-order valence-corrected chi connectivity index (χ0v) is 16.2. The van der Waals surface area contributed by atoms with Gasteiger partial charge in [0.2, 0.25) is 0 Å². The average Bonchev–Trinajstić information content (AvgIpc) is 3.16. The number of rotatable bonds is 3. The molecule has 140 valence electrons. The van der Waals surface area contributed by atoms with Crippen molar-refractivity contribution >= 4 is 11.7 Å². The molecule has 0 aromatic heterocycles. The van der Waals surface area contributed by atoms with Gasteiger partial charge in [-0.2, -0.15) is 0 Å². The highest BCUT2D eigenvalue weighted by Gasteiger charge is 2.39. The number of esters is 1. The molecule has 2 aromatic carbocycles. The third-order valence-corrected chi connectivity index (χ3v) is 5.90. The second-order valence-corrected chi connectivity index (χ2v) is 7.44. The summed E-state index contributed by atoms with van der Waals surface area (Å²) in [5.74, 6) is 1.43. The Balaban J connectivity index is 1.78. The maximum absolute atomic E-state index is 12.0. The summed E-state index contributed by atoms with van der Waals surface area (Å²) < 4.78 is 10.3. The van der Waals surface area contributed by atoms with Gasteiger partial charge in [-0.1, -0.05) is 12.2 Å². The van der Waals surface area contributed by atoms with Crippen molar-refractivity contribution in [2.45, 2.75) is 32.2 Å². The number of nitrogens with one attached hydrogen (secondary N) is 1. The van der Waals surface area contributed by atoms with Crippen LogP contribution in [-0.2, 0) is 4.74 Å². The number of carbonyl (C=O) groups is 1. The average molecular weight is 363 g/mol. The number of fused-ring (bicyclic) bond motifs is 3. The molecule has 27 heavy (non-hydrogen) atoms. The number of hydrogen-bond donors (Lipinski definition) is 1. The van der Waals surface area contributed by atoms with Crippen LogP contribution in [0.2, 0.25) is 0 Å². The Morgan fingerprint density at radius 2 is 1.85 bits per heavy atom. The van der Waals surface area contributed by atoms with E-state index in [0.29, 0.717) is 17.4 Å². The molecule has 0 radical (unpaired) electrons. The van der Waals surface area contributed by atoms with E-state index in [9.17, 15) is 4.79 Å². The van der Waals surface area contributed by atoms with Gasteiger partial charge >= 0.3 is 5.97 Å². The summed E-state index contributed by atoms with van der Waals surface area (Å²) in [5.41, 5.74) is 6.59. The van der Waals surface area contributed by atoms with E-state index in [4.69, 9.17) is 9.47 Å². The summed E-state index contributed by atoms with van der Waals surface area (Å²) in [5, 5.41) is 3.77. The molecule has 0 unspecified atom stereocenters. The van der Waals surface area contributed by atoms with Gasteiger partial charge in [0.25, 0.3) is 0 Å². The minimum Gasteiger partial charge on any atom is -0.497 e. The van der Waals surface area contributed by atoms with E-state index < -0.39 is 0 Å². The van der Waals surface area contributed by atoms with Gasteiger partial charge in [-0.05, 0) is 78.8 Å². The second kappa shape index (κ2) is 6.76. The number of allylic oxidation sites excluding steroid dienone is 2. The van der Waals surface area contributed by atoms with Gasteiger partial charge < -0.3 is 14.8 Å². The molecular formula is C23H25NO3. The van der Waals surface area contributed by atoms with Gasteiger partial charge in [0, 0.05) is 11.6 Å². The molecule has 2 aliphatic rings. The van der Waals surface area contributed by atoms with E-state index in [-0.39, 0.29) is 12.0 Å². The van der Waals surface area contributed by atoms with Crippen molar-refractivity contribution in [2.75, 3.05) is 19.5 Å². The third kappa shape index (κ3) is 2.89. The largest absolute Gasteiger partial charge is 0.497 e. The smallest absolute Gasteiger partial charge is 0.337 e. The van der Waals surface area contributed by atoms with Crippen molar-refractivity contribution in [3.8, 4) is 5.75 Å². The standard InChI is InChI=1S/C23H25NO3/c1-13-10-15(23(25)27-4)11-14(2)21(13)22-18-7-5-6-17(18)19-12-16(26-3)8-9-20(19)24-22/h5-6,8-12,17-18,22,24H,7H2,1-4H3/t17-,18+,22+/m1/s1. The fraction of sp³-hybridized carbons (Fsp3) is 0.348. The second-order valence-electron chi connectivity index (χ2n) is 7.44. The first-order chi connectivity index (χ1) is 13.0. The molecule has 0 saturated heterocycles. The summed E-state index contributed by atoms with van der Waals surface area (Å²) in [6.45, 7) is 4.16. The lowest BCUT2D eigenvalue weighted by molar-refractivity contribution is 0.0600. The molecule has 0 saturated carbocycles. The predicted molar refractivity (Wildman–Crippen MR) is 107 cm³/mol. The van der Waals surface area contributed by atoms with Crippen molar-refractivity contribution in [2.24, 2.45) is 5.92 Å². The van der Waals surface area contributed by atoms with Crippen molar-refractivity contribution in [1.29, 1.82) is 0 Å². The first-order valence-corrected chi connectivity index (χ1v) is 9.34. The van der Waals surface area contributed by atoms with Gasteiger partial charge in [-0.25, -0.2) is 4.79 Å². The van der Waals surface area contributed by atoms with Crippen LogP contribution in [0.25, 0.3) is 0 Å². The van der Waals surface area contributed by atoms with Crippen LogP contribution in [0.15, 0.2) is 42.5 Å². The van der Waals surface area contributed by atoms with E-state index in [2.05, 4.69) is 43.4 Å². The van der Waals surface area contributed by atoms with Gasteiger partial charge in [0.15, 0.2) is 0 Å². The molecule has 1 heterocycles. The van der Waals surface area contributed by atoms with E-state index >= 15 is 0 Å². The minimum atomic E-state index is -0.290. The molecule has 1 N–H and O–H groups in total. The molecule has 4 rings (SSSR count). The highest BCUT2D eigenvalue weighted by Crippen LogP contribution is 2.51. The van der Waals surface area contributed by atoms with Crippen LogP contribution in [0.4, 0.5) is 5.69 Å². The molecule has 3 atom stereocenters. The maximum atomic E-state index is 12.0. The van der Waals surface area contributed by atoms with Crippen molar-refractivity contribution in [3.05, 3.63) is 70.3 Å². The first kappa shape index (κ1) is 17.7. The highest BCUT2D eigenvalue weighted by molar-refractivity contribution is 5.90. The summed E-state index contributed by atoms with van der Waals surface area (Å²) in [7, 11) is 3.13. The molecule has 0 amide bonds. The molecule has 4 nitrogen and oxygen atoms in total. The van der Waals surface area contributed by atoms with Crippen LogP contribution in [0.3, 0.4) is 0 Å². The van der Waals surface area contributed by atoms with Gasteiger partial charge in [-0.15, -0.1) is 0 Å². The number of anilines is 1. The number of hydrogen-bond acceptors (Lipinski definition) is 4. The lowest BCUT2D eigenvalue weighted by Crippen LogP contribution is -2.30. The maximum Gasteiger partial charge on any atom is 0.337 e. The Labute approximate surface area is 160 Å². The molecule has 0 spiro atoms. The Morgan fingerprint density at radius 1 is 1.11 bits per heavy atom. The molecule has 1 aliphatic carbocycles. The normalized spacial score (nSPS) is 22.6. The molecule has 2 aromatic rings. The summed E-state index contributed by atoms with van der Waals surface area (Å²) in [6.07, 6.45) is 5.65. The van der Waals surface area contributed by atoms with Crippen LogP contribution in [0, 0.1) is 19.8 Å². The number of ether oxygens (including phenoxy) is 2. The summed E-state index contributed by atoms with van der Waals surface area (Å²) >= 11 is 0. The Kier molecular flexibility index (Phi) is 4.42. The lowest BCUT2D eigenvalue weighted by atomic mass is 9.75. The Morgan fingerprint density at radius 3 is 2.52 bits per heavy atom. The topological polar surface area (TPSA) is 47.6 Å². The monoisotopic (exact) mass is 363 g/mol. The third-order valence-electron chi connectivity index (χ3n) is 5.90. The van der Waals surface area contributed by atoms with E-state index in [1.165, 1.54) is 18.2 Å². The van der Waals surface area contributed by atoms with Crippen LogP contribution >= 0.6 is 0 Å². The van der Waals surface area contributed by atoms with Crippen molar-refractivity contribution in [1.82, 2.24) is 0 Å². The van der Waals surface area contributed by atoms with Crippen LogP contribution in [0.1, 0.15) is 51.0 Å². The predicted octanol–water partition coefficient (Wildman–Crippen LogP) is 4.93. The number of aryl methyl sites for hydroxylation is 2. The minimum absolute atomic E-state index is 0.206. The van der Waals surface area contributed by atoms with E-state index in [1.807, 2.05) is 18.2 Å². The van der Waals surface area contributed by atoms with Crippen molar-refractivity contribution in [3.63, 3.8) is 0 Å². The first-order valence-electron chi connectivity index (χ1n) is 9.34. The fourth-order valence-corrected chi connectivity index (χ4v) is 4.69. The van der Waals surface area contributed by atoms with Crippen molar-refractivity contribution < 1.29 is 14.3 Å². The summed E-state index contributed by atoms with van der Waals surface area (Å²) in [4.78, 5) is 12.0. The summed E-state index contributed by atoms with van der Waals surface area (Å²) in [6, 6.07) is 10.3. The highest BCUT2D eigenvalue weighted by atomic mass is 16.5. The van der Waals surface area contributed by atoms with Crippen LogP contribution in [-0.4, -0.2) is 20.2 Å². The fourth-order valence-electron chi connectivity index (χ4n) is 4.69. The molecular weight excluding hydrogens is 338 g/mol. The molecule has 1 aliphatic heterocycles. The van der Waals surface area contributed by atoms with Gasteiger partial charge in [-0.3, -0.25) is 0 Å². The number of methoxy groups -OCH3 is 2. The number of benzene rings is 2. The van der Waals surface area contributed by atoms with E-state index in [0.717, 1.165) is 29.0 Å². The van der Waals surface area contributed by atoms with Gasteiger partial charge in [0.1, 0.15) is 5.75 Å². The Bertz CT molecular complexity index is 908. The number of carbonyl (C=O) groups excluding carboxylic acids is 1. The Hall–Kier alpha value is -2.75. The SMILES string of the molecule is COC(=O)c1cc(C)c([C@H]2Nc3ccc(OC)cc3[C@@H]3C=CC[C@H]23)c(C)c1. The van der Waals surface area contributed by atoms with Crippen LogP contribution < -0.4 is 10.1 Å².